The summed E-state index contributed by atoms with van der Waals surface area (Å²) in [5.41, 5.74) is 1.14. The molecule has 0 aliphatic carbocycles. The molecule has 106 valence electrons. The third-order valence-electron chi connectivity index (χ3n) is 2.76. The number of aromatic nitrogens is 6. The van der Waals surface area contributed by atoms with Crippen molar-refractivity contribution in [2.75, 3.05) is 17.7 Å². The summed E-state index contributed by atoms with van der Waals surface area (Å²) in [5, 5.41) is 10.1. The van der Waals surface area contributed by atoms with Crippen molar-refractivity contribution in [3.63, 3.8) is 0 Å². The molecule has 0 amide bonds. The Morgan fingerprint density at radius 2 is 1.86 bits per heavy atom. The first kappa shape index (κ1) is 13.0. The van der Waals surface area contributed by atoms with Gasteiger partial charge in [-0.2, -0.15) is 24.7 Å². The van der Waals surface area contributed by atoms with Crippen LogP contribution in [0, 0.1) is 0 Å². The van der Waals surface area contributed by atoms with Gasteiger partial charge in [0.25, 0.3) is 5.95 Å². The summed E-state index contributed by atoms with van der Waals surface area (Å²) in [7, 11) is 1.75. The van der Waals surface area contributed by atoms with Gasteiger partial charge in [0, 0.05) is 13.6 Å². The van der Waals surface area contributed by atoms with E-state index in [1.807, 2.05) is 30.3 Å². The zero-order chi connectivity index (χ0) is 14.5. The Labute approximate surface area is 121 Å². The average Bonchev–Trinajstić information content (AvgIpc) is 3.08. The molecule has 8 nitrogen and oxygen atoms in total. The van der Waals surface area contributed by atoms with Gasteiger partial charge in [-0.1, -0.05) is 30.3 Å². The summed E-state index contributed by atoms with van der Waals surface area (Å²) in [6.45, 7) is 0.630. The van der Waals surface area contributed by atoms with E-state index in [2.05, 4.69) is 35.7 Å². The van der Waals surface area contributed by atoms with Gasteiger partial charge in [0.2, 0.25) is 11.9 Å². The van der Waals surface area contributed by atoms with E-state index in [0.717, 1.165) is 5.56 Å². The third kappa shape index (κ3) is 3.11. The van der Waals surface area contributed by atoms with Gasteiger partial charge in [-0.25, -0.2) is 4.98 Å². The van der Waals surface area contributed by atoms with Crippen LogP contribution in [0.25, 0.3) is 5.95 Å². The van der Waals surface area contributed by atoms with Gasteiger partial charge >= 0.3 is 0 Å². The highest BCUT2D eigenvalue weighted by atomic mass is 15.4. The van der Waals surface area contributed by atoms with Gasteiger partial charge in [0.15, 0.2) is 0 Å². The Morgan fingerprint density at radius 1 is 1.05 bits per heavy atom. The topological polar surface area (TPSA) is 93.4 Å². The van der Waals surface area contributed by atoms with E-state index in [0.29, 0.717) is 24.4 Å². The van der Waals surface area contributed by atoms with E-state index >= 15 is 0 Å². The van der Waals surface area contributed by atoms with Crippen molar-refractivity contribution in [2.24, 2.45) is 0 Å². The van der Waals surface area contributed by atoms with Gasteiger partial charge in [0.05, 0.1) is 0 Å². The van der Waals surface area contributed by atoms with Crippen LogP contribution < -0.4 is 10.6 Å². The van der Waals surface area contributed by atoms with Crippen LogP contribution >= 0.6 is 0 Å². The molecule has 1 aromatic carbocycles. The minimum absolute atomic E-state index is 0.405. The Balaban J connectivity index is 1.83. The number of nitrogens with zero attached hydrogens (tertiary/aromatic N) is 6. The van der Waals surface area contributed by atoms with Crippen molar-refractivity contribution < 1.29 is 0 Å². The Hall–Kier alpha value is -3.03. The summed E-state index contributed by atoms with van der Waals surface area (Å²) in [4.78, 5) is 16.7. The zero-order valence-corrected chi connectivity index (χ0v) is 11.4. The quantitative estimate of drug-likeness (QED) is 0.723. The van der Waals surface area contributed by atoms with Gasteiger partial charge in [-0.05, 0) is 5.56 Å². The monoisotopic (exact) mass is 282 g/mol. The number of anilines is 2. The van der Waals surface area contributed by atoms with Crippen molar-refractivity contribution in [3.8, 4) is 5.95 Å². The number of benzene rings is 1. The molecule has 8 heteroatoms. The molecular formula is C13H14N8. The first-order valence-electron chi connectivity index (χ1n) is 6.42. The number of hydrogen-bond donors (Lipinski definition) is 2. The molecule has 0 saturated heterocycles. The molecule has 0 fully saturated rings. The van der Waals surface area contributed by atoms with Crippen LogP contribution in [-0.2, 0) is 6.54 Å². The molecule has 3 aromatic rings. The molecular weight excluding hydrogens is 268 g/mol. The summed E-state index contributed by atoms with van der Waals surface area (Å²) in [5.74, 6) is 1.34. The predicted octanol–water partition coefficient (Wildman–Crippen LogP) is 1.11. The largest absolute Gasteiger partial charge is 0.357 e. The van der Waals surface area contributed by atoms with Crippen LogP contribution in [0.2, 0.25) is 0 Å². The van der Waals surface area contributed by atoms with Crippen molar-refractivity contribution in [3.05, 3.63) is 48.5 Å². The molecule has 0 aliphatic rings. The lowest BCUT2D eigenvalue weighted by Crippen LogP contribution is -2.11. The lowest BCUT2D eigenvalue weighted by molar-refractivity contribution is 0.795. The van der Waals surface area contributed by atoms with Gasteiger partial charge in [-0.3, -0.25) is 0 Å². The number of rotatable bonds is 5. The van der Waals surface area contributed by atoms with E-state index in [1.165, 1.54) is 17.3 Å². The fraction of sp³-hybridized carbons (Fsp3) is 0.154. The first-order chi connectivity index (χ1) is 10.3. The number of hydrogen-bond acceptors (Lipinski definition) is 7. The van der Waals surface area contributed by atoms with E-state index in [9.17, 15) is 0 Å². The van der Waals surface area contributed by atoms with Crippen LogP contribution in [-0.4, -0.2) is 36.8 Å². The Bertz CT molecular complexity index is 695. The molecule has 0 unspecified atom stereocenters. The van der Waals surface area contributed by atoms with E-state index in [-0.39, 0.29) is 0 Å². The molecule has 3 rings (SSSR count). The molecule has 2 heterocycles. The van der Waals surface area contributed by atoms with Crippen LogP contribution in [0.5, 0.6) is 0 Å². The molecule has 0 saturated carbocycles. The van der Waals surface area contributed by atoms with E-state index in [1.54, 1.807) is 7.05 Å². The van der Waals surface area contributed by atoms with Gasteiger partial charge in [0.1, 0.15) is 12.7 Å². The summed E-state index contributed by atoms with van der Waals surface area (Å²) < 4.78 is 1.48. The summed E-state index contributed by atoms with van der Waals surface area (Å²) in [6, 6.07) is 10.0. The van der Waals surface area contributed by atoms with E-state index < -0.39 is 0 Å². The molecule has 0 bridgehead atoms. The normalized spacial score (nSPS) is 10.3. The highest BCUT2D eigenvalue weighted by molar-refractivity contribution is 5.37. The average molecular weight is 282 g/mol. The van der Waals surface area contributed by atoms with Gasteiger partial charge < -0.3 is 10.6 Å². The molecule has 0 spiro atoms. The summed E-state index contributed by atoms with van der Waals surface area (Å²) in [6.07, 6.45) is 2.97. The maximum Gasteiger partial charge on any atom is 0.258 e. The van der Waals surface area contributed by atoms with Crippen molar-refractivity contribution in [1.82, 2.24) is 29.7 Å². The summed E-state index contributed by atoms with van der Waals surface area (Å²) >= 11 is 0. The molecule has 0 radical (unpaired) electrons. The second-order valence-corrected chi connectivity index (χ2v) is 4.21. The van der Waals surface area contributed by atoms with Crippen molar-refractivity contribution in [2.45, 2.75) is 6.54 Å². The molecule has 2 aromatic heterocycles. The van der Waals surface area contributed by atoms with Crippen LogP contribution in [0.1, 0.15) is 5.56 Å². The minimum atomic E-state index is 0.405. The van der Waals surface area contributed by atoms with Crippen molar-refractivity contribution in [1.29, 1.82) is 0 Å². The van der Waals surface area contributed by atoms with Crippen LogP contribution in [0.4, 0.5) is 11.9 Å². The molecule has 2 N–H and O–H groups in total. The molecule has 0 aliphatic heterocycles. The minimum Gasteiger partial charge on any atom is -0.357 e. The lowest BCUT2D eigenvalue weighted by atomic mass is 10.2. The Kier molecular flexibility index (Phi) is 3.68. The Morgan fingerprint density at radius 3 is 2.57 bits per heavy atom. The highest BCUT2D eigenvalue weighted by Crippen LogP contribution is 2.09. The molecule has 0 atom stereocenters. The van der Waals surface area contributed by atoms with Gasteiger partial charge in [-0.15, -0.1) is 0 Å². The maximum absolute atomic E-state index is 4.33. The first-order valence-corrected chi connectivity index (χ1v) is 6.42. The zero-order valence-electron chi connectivity index (χ0n) is 11.4. The number of nitrogens with one attached hydrogen (secondary N) is 2. The third-order valence-corrected chi connectivity index (χ3v) is 2.76. The second kappa shape index (κ2) is 5.95. The standard InChI is InChI=1S/C13H14N8/c1-14-11-18-12(16-7-10-5-3-2-4-6-10)20-13(19-11)21-9-15-8-17-21/h2-6,8-9H,7H2,1H3,(H2,14,16,18,19,20). The lowest BCUT2D eigenvalue weighted by Gasteiger charge is -2.08. The predicted molar refractivity (Wildman–Crippen MR) is 78.1 cm³/mol. The SMILES string of the molecule is CNc1nc(NCc2ccccc2)nc(-n2cncn2)n1. The fourth-order valence-corrected chi connectivity index (χ4v) is 1.75. The second-order valence-electron chi connectivity index (χ2n) is 4.21. The smallest absolute Gasteiger partial charge is 0.258 e. The van der Waals surface area contributed by atoms with Crippen LogP contribution in [0.3, 0.4) is 0 Å². The maximum atomic E-state index is 4.33. The van der Waals surface area contributed by atoms with E-state index in [4.69, 9.17) is 0 Å². The highest BCUT2D eigenvalue weighted by Gasteiger charge is 2.07. The fourth-order valence-electron chi connectivity index (χ4n) is 1.75. The molecule has 21 heavy (non-hydrogen) atoms. The van der Waals surface area contributed by atoms with Crippen molar-refractivity contribution >= 4 is 11.9 Å². The van der Waals surface area contributed by atoms with Crippen LogP contribution in [0.15, 0.2) is 43.0 Å².